The molecular formula is C18H20N6OS. The first kappa shape index (κ1) is 16.9. The first-order chi connectivity index (χ1) is 12.8. The van der Waals surface area contributed by atoms with Crippen molar-refractivity contribution in [1.29, 1.82) is 0 Å². The van der Waals surface area contributed by atoms with Gasteiger partial charge in [0, 0.05) is 24.2 Å². The molecule has 1 aliphatic heterocycles. The van der Waals surface area contributed by atoms with Crippen LogP contribution in [-0.4, -0.2) is 39.0 Å². The smallest absolute Gasteiger partial charge is 0.282 e. The number of aromatic nitrogens is 4. The summed E-state index contributed by atoms with van der Waals surface area (Å²) in [5.41, 5.74) is 1.92. The van der Waals surface area contributed by atoms with Crippen LogP contribution in [0.25, 0.3) is 5.69 Å². The Morgan fingerprint density at radius 1 is 1.23 bits per heavy atom. The van der Waals surface area contributed by atoms with Gasteiger partial charge in [0.2, 0.25) is 5.01 Å². The number of nitrogens with one attached hydrogen (secondary N) is 2. The van der Waals surface area contributed by atoms with Crippen molar-refractivity contribution in [2.24, 2.45) is 0 Å². The van der Waals surface area contributed by atoms with Gasteiger partial charge in [-0.1, -0.05) is 29.5 Å². The number of para-hydroxylation sites is 1. The highest BCUT2D eigenvalue weighted by atomic mass is 32.1. The minimum absolute atomic E-state index is 0.185. The highest BCUT2D eigenvalue weighted by Crippen LogP contribution is 2.27. The molecule has 0 unspecified atom stereocenters. The SMILES string of the molecule is O=C(NCc1cnn(-c2ccccc2)c1)c1nnc(C2CCNCC2)s1. The Labute approximate surface area is 155 Å². The van der Waals surface area contributed by atoms with E-state index in [2.05, 4.69) is 25.9 Å². The summed E-state index contributed by atoms with van der Waals surface area (Å²) in [4.78, 5) is 12.3. The molecule has 0 radical (unpaired) electrons. The zero-order valence-electron chi connectivity index (χ0n) is 14.3. The topological polar surface area (TPSA) is 84.7 Å². The van der Waals surface area contributed by atoms with E-state index < -0.39 is 0 Å². The van der Waals surface area contributed by atoms with Gasteiger partial charge in [0.25, 0.3) is 5.91 Å². The molecule has 4 rings (SSSR count). The zero-order chi connectivity index (χ0) is 17.8. The molecule has 0 atom stereocenters. The molecule has 1 amide bonds. The van der Waals surface area contributed by atoms with Crippen LogP contribution in [-0.2, 0) is 6.54 Å². The van der Waals surface area contributed by atoms with E-state index in [0.717, 1.165) is 42.2 Å². The third-order valence-electron chi connectivity index (χ3n) is 4.43. The molecule has 1 saturated heterocycles. The Morgan fingerprint density at radius 2 is 2.04 bits per heavy atom. The lowest BCUT2D eigenvalue weighted by atomic mass is 9.99. The highest BCUT2D eigenvalue weighted by molar-refractivity contribution is 7.13. The van der Waals surface area contributed by atoms with Crippen LogP contribution in [0.4, 0.5) is 0 Å². The fraction of sp³-hybridized carbons (Fsp3) is 0.333. The van der Waals surface area contributed by atoms with E-state index in [4.69, 9.17) is 0 Å². The number of nitrogens with zero attached hydrogens (tertiary/aromatic N) is 4. The summed E-state index contributed by atoms with van der Waals surface area (Å²) >= 11 is 1.40. The number of benzene rings is 1. The largest absolute Gasteiger partial charge is 0.346 e. The first-order valence-electron chi connectivity index (χ1n) is 8.71. The molecule has 2 N–H and O–H groups in total. The summed E-state index contributed by atoms with van der Waals surface area (Å²) in [6.45, 7) is 2.41. The molecule has 1 fully saturated rings. The van der Waals surface area contributed by atoms with Crippen molar-refractivity contribution >= 4 is 17.2 Å². The van der Waals surface area contributed by atoms with Crippen LogP contribution in [0.3, 0.4) is 0 Å². The molecule has 1 aromatic carbocycles. The maximum Gasteiger partial charge on any atom is 0.282 e. The van der Waals surface area contributed by atoms with Crippen molar-refractivity contribution in [1.82, 2.24) is 30.6 Å². The van der Waals surface area contributed by atoms with Crippen LogP contribution >= 0.6 is 11.3 Å². The van der Waals surface area contributed by atoms with Crippen LogP contribution in [0.5, 0.6) is 0 Å². The van der Waals surface area contributed by atoms with E-state index in [1.165, 1.54) is 11.3 Å². The lowest BCUT2D eigenvalue weighted by molar-refractivity contribution is 0.0950. The Bertz CT molecular complexity index is 869. The molecule has 0 bridgehead atoms. The van der Waals surface area contributed by atoms with Gasteiger partial charge in [0.05, 0.1) is 11.9 Å². The van der Waals surface area contributed by atoms with Gasteiger partial charge in [0.1, 0.15) is 5.01 Å². The predicted molar refractivity (Wildman–Crippen MR) is 99.5 cm³/mol. The van der Waals surface area contributed by atoms with Gasteiger partial charge in [-0.25, -0.2) is 4.68 Å². The van der Waals surface area contributed by atoms with Crippen LogP contribution in [0.15, 0.2) is 42.7 Å². The number of carbonyl (C=O) groups excluding carboxylic acids is 1. The van der Waals surface area contributed by atoms with Crippen molar-refractivity contribution in [3.8, 4) is 5.69 Å². The number of hydrogen-bond acceptors (Lipinski definition) is 6. The number of rotatable bonds is 5. The van der Waals surface area contributed by atoms with Gasteiger partial charge in [-0.05, 0) is 38.1 Å². The summed E-state index contributed by atoms with van der Waals surface area (Å²) < 4.78 is 1.79. The third-order valence-corrected chi connectivity index (χ3v) is 5.52. The van der Waals surface area contributed by atoms with Gasteiger partial charge in [-0.15, -0.1) is 10.2 Å². The molecule has 0 aliphatic carbocycles. The fourth-order valence-electron chi connectivity index (χ4n) is 2.99. The summed E-state index contributed by atoms with van der Waals surface area (Å²) in [6, 6.07) is 9.87. The van der Waals surface area contributed by atoms with Crippen molar-refractivity contribution in [2.75, 3.05) is 13.1 Å². The lowest BCUT2D eigenvalue weighted by Gasteiger charge is -2.19. The van der Waals surface area contributed by atoms with Gasteiger partial charge < -0.3 is 10.6 Å². The van der Waals surface area contributed by atoms with Gasteiger partial charge in [0.15, 0.2) is 0 Å². The van der Waals surface area contributed by atoms with E-state index in [1.807, 2.05) is 36.5 Å². The van der Waals surface area contributed by atoms with Crippen molar-refractivity contribution in [2.45, 2.75) is 25.3 Å². The van der Waals surface area contributed by atoms with Crippen molar-refractivity contribution in [3.05, 3.63) is 58.3 Å². The van der Waals surface area contributed by atoms with Crippen LogP contribution < -0.4 is 10.6 Å². The van der Waals surface area contributed by atoms with Gasteiger partial charge in [-0.2, -0.15) is 5.10 Å². The van der Waals surface area contributed by atoms with E-state index >= 15 is 0 Å². The lowest BCUT2D eigenvalue weighted by Crippen LogP contribution is -2.26. The zero-order valence-corrected chi connectivity index (χ0v) is 15.1. The Morgan fingerprint density at radius 3 is 2.85 bits per heavy atom. The number of piperidine rings is 1. The average molecular weight is 368 g/mol. The molecule has 26 heavy (non-hydrogen) atoms. The van der Waals surface area contributed by atoms with E-state index in [0.29, 0.717) is 17.5 Å². The number of carbonyl (C=O) groups is 1. The Hall–Kier alpha value is -2.58. The summed E-state index contributed by atoms with van der Waals surface area (Å²) in [5, 5.41) is 20.3. The van der Waals surface area contributed by atoms with Crippen LogP contribution in [0.2, 0.25) is 0 Å². The average Bonchev–Trinajstić information content (AvgIpc) is 3.37. The maximum atomic E-state index is 12.3. The molecule has 134 valence electrons. The normalized spacial score (nSPS) is 15.1. The van der Waals surface area contributed by atoms with Gasteiger partial charge in [-0.3, -0.25) is 4.79 Å². The summed E-state index contributed by atoms with van der Waals surface area (Å²) in [5.74, 6) is 0.231. The number of hydrogen-bond donors (Lipinski definition) is 2. The van der Waals surface area contributed by atoms with Crippen molar-refractivity contribution in [3.63, 3.8) is 0 Å². The predicted octanol–water partition coefficient (Wildman–Crippen LogP) is 2.12. The Balaban J connectivity index is 1.35. The summed E-state index contributed by atoms with van der Waals surface area (Å²) in [6.07, 6.45) is 5.77. The Kier molecular flexibility index (Phi) is 5.03. The molecule has 0 saturated carbocycles. The monoisotopic (exact) mass is 368 g/mol. The second-order valence-electron chi connectivity index (χ2n) is 6.28. The van der Waals surface area contributed by atoms with Gasteiger partial charge >= 0.3 is 0 Å². The van der Waals surface area contributed by atoms with E-state index in [9.17, 15) is 4.79 Å². The second-order valence-corrected chi connectivity index (χ2v) is 7.29. The molecule has 1 aliphatic rings. The van der Waals surface area contributed by atoms with Crippen LogP contribution in [0.1, 0.15) is 39.1 Å². The summed E-state index contributed by atoms with van der Waals surface area (Å²) in [7, 11) is 0. The minimum Gasteiger partial charge on any atom is -0.346 e. The molecule has 7 nitrogen and oxygen atoms in total. The highest BCUT2D eigenvalue weighted by Gasteiger charge is 2.21. The van der Waals surface area contributed by atoms with E-state index in [-0.39, 0.29) is 5.91 Å². The van der Waals surface area contributed by atoms with Crippen LogP contribution in [0, 0.1) is 0 Å². The van der Waals surface area contributed by atoms with Crippen molar-refractivity contribution < 1.29 is 4.79 Å². The first-order valence-corrected chi connectivity index (χ1v) is 9.52. The second kappa shape index (κ2) is 7.76. The standard InChI is InChI=1S/C18H20N6OS/c25-16(18-23-22-17(26-18)14-6-8-19-9-7-14)20-10-13-11-21-24(12-13)15-4-2-1-3-5-15/h1-5,11-12,14,19H,6-10H2,(H,20,25). The van der Waals surface area contributed by atoms with E-state index in [1.54, 1.807) is 10.9 Å². The quantitative estimate of drug-likeness (QED) is 0.721. The fourth-order valence-corrected chi connectivity index (χ4v) is 3.92. The molecule has 0 spiro atoms. The molecular weight excluding hydrogens is 348 g/mol. The molecule has 3 heterocycles. The molecule has 2 aromatic heterocycles. The maximum absolute atomic E-state index is 12.3. The third kappa shape index (κ3) is 3.81. The minimum atomic E-state index is -0.185. The molecule has 3 aromatic rings. The number of amides is 1. The molecule has 8 heteroatoms.